The number of carbonyl (C=O) groups excluding carboxylic acids is 2. The molecule has 0 spiro atoms. The first-order valence-electron chi connectivity index (χ1n) is 6.79. The average Bonchev–Trinajstić information content (AvgIpc) is 3.06. The minimum absolute atomic E-state index is 0.00398. The van der Waals surface area contributed by atoms with Crippen molar-refractivity contribution in [2.75, 3.05) is 4.90 Å². The van der Waals surface area contributed by atoms with Crippen LogP contribution in [-0.2, 0) is 9.59 Å². The number of allylic oxidation sites excluding steroid dienone is 2. The van der Waals surface area contributed by atoms with E-state index in [0.717, 1.165) is 17.7 Å². The molecular formula is C16H15NO2. The van der Waals surface area contributed by atoms with Crippen molar-refractivity contribution in [3.8, 4) is 0 Å². The lowest BCUT2D eigenvalue weighted by Gasteiger charge is -2.17. The van der Waals surface area contributed by atoms with Crippen molar-refractivity contribution in [2.45, 2.75) is 13.3 Å². The van der Waals surface area contributed by atoms with E-state index in [1.54, 1.807) is 0 Å². The zero-order valence-electron chi connectivity index (χ0n) is 10.7. The van der Waals surface area contributed by atoms with Gasteiger partial charge in [0.2, 0.25) is 11.8 Å². The Morgan fingerprint density at radius 2 is 1.47 bits per heavy atom. The van der Waals surface area contributed by atoms with Gasteiger partial charge in [-0.05, 0) is 37.3 Å². The first kappa shape index (κ1) is 11.0. The number of carbonyl (C=O) groups is 2. The standard InChI is InChI=1S/C16H15NO2/c1-9-2-6-12(7-3-9)17-15(18)13-10-4-5-11(8-10)14(13)16(17)19/h2-7,10-11,13-14H,8H2,1H3/t10-,11-,13+,14+/m1/s1. The number of aryl methyl sites for hydroxylation is 1. The van der Waals surface area contributed by atoms with Gasteiger partial charge in [-0.2, -0.15) is 0 Å². The van der Waals surface area contributed by atoms with Crippen LogP contribution in [0.3, 0.4) is 0 Å². The van der Waals surface area contributed by atoms with Crippen molar-refractivity contribution in [3.05, 3.63) is 42.0 Å². The van der Waals surface area contributed by atoms with Gasteiger partial charge in [-0.3, -0.25) is 14.5 Å². The van der Waals surface area contributed by atoms with Gasteiger partial charge in [0.05, 0.1) is 17.5 Å². The third-order valence-electron chi connectivity index (χ3n) is 4.76. The number of anilines is 1. The molecule has 0 aromatic heterocycles. The molecule has 1 aliphatic heterocycles. The van der Waals surface area contributed by atoms with Crippen LogP contribution < -0.4 is 4.90 Å². The lowest BCUT2D eigenvalue weighted by molar-refractivity contribution is -0.123. The second kappa shape index (κ2) is 3.56. The first-order chi connectivity index (χ1) is 9.16. The molecule has 2 bridgehead atoms. The quantitative estimate of drug-likeness (QED) is 0.569. The molecule has 2 amide bonds. The number of hydrogen-bond donors (Lipinski definition) is 0. The zero-order chi connectivity index (χ0) is 13.1. The Hall–Kier alpha value is -1.90. The number of imide groups is 1. The van der Waals surface area contributed by atoms with Crippen LogP contribution in [0, 0.1) is 30.6 Å². The largest absolute Gasteiger partial charge is 0.274 e. The van der Waals surface area contributed by atoms with E-state index in [1.807, 2.05) is 31.2 Å². The number of amides is 2. The molecule has 1 aromatic rings. The number of hydrogen-bond acceptors (Lipinski definition) is 2. The van der Waals surface area contributed by atoms with E-state index >= 15 is 0 Å². The van der Waals surface area contributed by atoms with E-state index in [9.17, 15) is 9.59 Å². The summed E-state index contributed by atoms with van der Waals surface area (Å²) in [6, 6.07) is 7.61. The third kappa shape index (κ3) is 1.33. The van der Waals surface area contributed by atoms with E-state index in [4.69, 9.17) is 0 Å². The molecule has 1 saturated carbocycles. The maximum Gasteiger partial charge on any atom is 0.238 e. The normalized spacial score (nSPS) is 35.3. The Morgan fingerprint density at radius 3 is 2.00 bits per heavy atom. The fourth-order valence-corrected chi connectivity index (χ4v) is 3.85. The van der Waals surface area contributed by atoms with E-state index in [2.05, 4.69) is 12.2 Å². The number of fused-ring (bicyclic) bond motifs is 5. The molecule has 2 aliphatic carbocycles. The van der Waals surface area contributed by atoms with E-state index in [-0.39, 0.29) is 35.5 Å². The van der Waals surface area contributed by atoms with Crippen LogP contribution in [0.15, 0.2) is 36.4 Å². The van der Waals surface area contributed by atoms with Gasteiger partial charge in [-0.25, -0.2) is 0 Å². The van der Waals surface area contributed by atoms with Crippen LogP contribution in [0.5, 0.6) is 0 Å². The zero-order valence-corrected chi connectivity index (χ0v) is 10.7. The van der Waals surface area contributed by atoms with Gasteiger partial charge < -0.3 is 0 Å². The van der Waals surface area contributed by atoms with Crippen LogP contribution in [-0.4, -0.2) is 11.8 Å². The molecule has 96 valence electrons. The van der Waals surface area contributed by atoms with Crippen molar-refractivity contribution < 1.29 is 9.59 Å². The van der Waals surface area contributed by atoms with Gasteiger partial charge in [0, 0.05) is 0 Å². The van der Waals surface area contributed by atoms with Crippen molar-refractivity contribution in [1.82, 2.24) is 0 Å². The Morgan fingerprint density at radius 1 is 0.947 bits per heavy atom. The van der Waals surface area contributed by atoms with Gasteiger partial charge in [0.25, 0.3) is 0 Å². The highest BCUT2D eigenvalue weighted by molar-refractivity contribution is 6.22. The number of rotatable bonds is 1. The fourth-order valence-electron chi connectivity index (χ4n) is 3.85. The Bertz CT molecular complexity index is 572. The molecule has 1 saturated heterocycles. The van der Waals surface area contributed by atoms with Crippen molar-refractivity contribution in [3.63, 3.8) is 0 Å². The molecule has 19 heavy (non-hydrogen) atoms. The molecule has 1 heterocycles. The summed E-state index contributed by atoms with van der Waals surface area (Å²) in [5, 5.41) is 0. The van der Waals surface area contributed by atoms with Gasteiger partial charge >= 0.3 is 0 Å². The Kier molecular flexibility index (Phi) is 2.06. The Labute approximate surface area is 111 Å². The summed E-state index contributed by atoms with van der Waals surface area (Å²) in [6.45, 7) is 2.00. The van der Waals surface area contributed by atoms with Gasteiger partial charge in [0.1, 0.15) is 0 Å². The molecule has 2 fully saturated rings. The lowest BCUT2D eigenvalue weighted by Crippen LogP contribution is -2.32. The smallest absolute Gasteiger partial charge is 0.238 e. The monoisotopic (exact) mass is 253 g/mol. The van der Waals surface area contributed by atoms with Crippen LogP contribution in [0.1, 0.15) is 12.0 Å². The van der Waals surface area contributed by atoms with Crippen molar-refractivity contribution in [1.29, 1.82) is 0 Å². The molecule has 0 N–H and O–H groups in total. The summed E-state index contributed by atoms with van der Waals surface area (Å²) in [5.41, 5.74) is 1.85. The third-order valence-corrected chi connectivity index (χ3v) is 4.76. The first-order valence-corrected chi connectivity index (χ1v) is 6.79. The molecule has 4 atom stereocenters. The molecule has 3 heteroatoms. The SMILES string of the molecule is Cc1ccc(N2C(=O)[C@@H]3[C@@H](C2=O)[C@@H]2C=C[C@@H]3C2)cc1. The van der Waals surface area contributed by atoms with Crippen LogP contribution in [0.2, 0.25) is 0 Å². The summed E-state index contributed by atoms with van der Waals surface area (Å²) < 4.78 is 0. The molecular weight excluding hydrogens is 238 g/mol. The molecule has 0 unspecified atom stereocenters. The van der Waals surface area contributed by atoms with Crippen molar-refractivity contribution >= 4 is 17.5 Å². The molecule has 3 nitrogen and oxygen atoms in total. The molecule has 1 aromatic carbocycles. The van der Waals surface area contributed by atoms with Crippen LogP contribution >= 0.6 is 0 Å². The van der Waals surface area contributed by atoms with E-state index < -0.39 is 0 Å². The highest BCUT2D eigenvalue weighted by Crippen LogP contribution is 2.53. The summed E-state index contributed by atoms with van der Waals surface area (Å²) in [6.07, 6.45) is 5.22. The molecule has 0 radical (unpaired) electrons. The predicted molar refractivity (Wildman–Crippen MR) is 71.4 cm³/mol. The maximum atomic E-state index is 12.5. The second-order valence-electron chi connectivity index (χ2n) is 5.85. The minimum Gasteiger partial charge on any atom is -0.274 e. The van der Waals surface area contributed by atoms with Crippen LogP contribution in [0.4, 0.5) is 5.69 Å². The van der Waals surface area contributed by atoms with Crippen molar-refractivity contribution in [2.24, 2.45) is 23.7 Å². The summed E-state index contributed by atoms with van der Waals surface area (Å²) >= 11 is 0. The molecule has 4 rings (SSSR count). The predicted octanol–water partition coefficient (Wildman–Crippen LogP) is 2.31. The second-order valence-corrected chi connectivity index (χ2v) is 5.85. The summed E-state index contributed by atoms with van der Waals surface area (Å²) in [7, 11) is 0. The lowest BCUT2D eigenvalue weighted by atomic mass is 9.85. The van der Waals surface area contributed by atoms with Crippen LogP contribution in [0.25, 0.3) is 0 Å². The number of benzene rings is 1. The summed E-state index contributed by atoms with van der Waals surface area (Å²) in [4.78, 5) is 26.5. The highest BCUT2D eigenvalue weighted by Gasteiger charge is 2.59. The molecule has 3 aliphatic rings. The van der Waals surface area contributed by atoms with Gasteiger partial charge in [0.15, 0.2) is 0 Å². The highest BCUT2D eigenvalue weighted by atomic mass is 16.2. The van der Waals surface area contributed by atoms with Gasteiger partial charge in [-0.1, -0.05) is 29.8 Å². The number of nitrogens with zero attached hydrogens (tertiary/aromatic N) is 1. The Balaban J connectivity index is 1.74. The topological polar surface area (TPSA) is 37.4 Å². The summed E-state index contributed by atoms with van der Waals surface area (Å²) in [5.74, 6) is 0.336. The minimum atomic E-state index is -0.108. The fraction of sp³-hybridized carbons (Fsp3) is 0.375. The van der Waals surface area contributed by atoms with E-state index in [0.29, 0.717) is 0 Å². The van der Waals surface area contributed by atoms with E-state index in [1.165, 1.54) is 4.90 Å². The average molecular weight is 253 g/mol. The maximum absolute atomic E-state index is 12.5. The van der Waals surface area contributed by atoms with Gasteiger partial charge in [-0.15, -0.1) is 0 Å².